The lowest BCUT2D eigenvalue weighted by molar-refractivity contribution is -0.120. The first-order valence-corrected chi connectivity index (χ1v) is 11.3. The number of fused-ring (bicyclic) bond motifs is 1. The van der Waals surface area contributed by atoms with Crippen molar-refractivity contribution in [2.24, 2.45) is 0 Å². The highest BCUT2D eigenvalue weighted by Gasteiger charge is 2.44. The summed E-state index contributed by atoms with van der Waals surface area (Å²) in [7, 11) is 0. The van der Waals surface area contributed by atoms with Crippen LogP contribution in [0.15, 0.2) is 78.5 Å². The molecule has 2 aliphatic heterocycles. The predicted molar refractivity (Wildman–Crippen MR) is 130 cm³/mol. The molecule has 0 unspecified atom stereocenters. The molecule has 0 bridgehead atoms. The molecule has 0 aliphatic carbocycles. The summed E-state index contributed by atoms with van der Waals surface area (Å²) in [5.41, 5.74) is 5.31. The average Bonchev–Trinajstić information content (AvgIpc) is 3.33. The summed E-state index contributed by atoms with van der Waals surface area (Å²) in [6, 6.07) is 23.0. The summed E-state index contributed by atoms with van der Waals surface area (Å²) < 4.78 is 5.95. The van der Waals surface area contributed by atoms with Gasteiger partial charge in [0.2, 0.25) is 0 Å². The largest absolute Gasteiger partial charge is 0.489 e. The van der Waals surface area contributed by atoms with Gasteiger partial charge in [-0.2, -0.15) is 0 Å². The minimum absolute atomic E-state index is 0.0894. The van der Waals surface area contributed by atoms with Crippen LogP contribution in [0, 0.1) is 6.92 Å². The van der Waals surface area contributed by atoms with Crippen molar-refractivity contribution in [1.82, 2.24) is 0 Å². The molecule has 5 heteroatoms. The van der Waals surface area contributed by atoms with Crippen LogP contribution in [0.2, 0.25) is 0 Å². The third kappa shape index (κ3) is 3.59. The van der Waals surface area contributed by atoms with E-state index in [1.54, 1.807) is 12.1 Å². The summed E-state index contributed by atoms with van der Waals surface area (Å²) in [6.07, 6.45) is 0.739. The molecule has 0 aromatic heterocycles. The minimum Gasteiger partial charge on any atom is -0.489 e. The number of ether oxygens (including phenoxy) is 1. The Morgan fingerprint density at radius 1 is 0.818 bits per heavy atom. The molecule has 166 valence electrons. The lowest BCUT2D eigenvalue weighted by Crippen LogP contribution is -2.35. The van der Waals surface area contributed by atoms with Crippen LogP contribution in [0.5, 0.6) is 5.75 Å². The van der Waals surface area contributed by atoms with Crippen molar-refractivity contribution in [3.63, 3.8) is 0 Å². The van der Waals surface area contributed by atoms with Crippen molar-refractivity contribution < 1.29 is 14.3 Å². The van der Waals surface area contributed by atoms with Crippen molar-refractivity contribution in [3.8, 4) is 5.75 Å². The number of carbonyl (C=O) groups is 2. The van der Waals surface area contributed by atoms with E-state index in [1.165, 1.54) is 10.5 Å². The molecule has 33 heavy (non-hydrogen) atoms. The SMILES string of the molecule is Cc1ccc(C2=C(N3CCc4ccccc43)C(=O)N(c3ccccc3OC(C)C)C2=O)cc1. The molecule has 0 atom stereocenters. The Morgan fingerprint density at radius 2 is 1.48 bits per heavy atom. The Morgan fingerprint density at radius 3 is 2.21 bits per heavy atom. The molecule has 0 radical (unpaired) electrons. The second-order valence-electron chi connectivity index (χ2n) is 8.70. The highest BCUT2D eigenvalue weighted by molar-refractivity contribution is 6.46. The third-order valence-corrected chi connectivity index (χ3v) is 6.03. The van der Waals surface area contributed by atoms with E-state index in [9.17, 15) is 9.59 Å². The second-order valence-corrected chi connectivity index (χ2v) is 8.70. The first-order chi connectivity index (χ1) is 16.0. The van der Waals surface area contributed by atoms with Gasteiger partial charge >= 0.3 is 0 Å². The zero-order valence-corrected chi connectivity index (χ0v) is 19.0. The Labute approximate surface area is 193 Å². The number of anilines is 2. The molecule has 0 fully saturated rings. The van der Waals surface area contributed by atoms with Crippen LogP contribution in [0.4, 0.5) is 11.4 Å². The number of benzene rings is 3. The van der Waals surface area contributed by atoms with E-state index in [-0.39, 0.29) is 17.9 Å². The lowest BCUT2D eigenvalue weighted by Gasteiger charge is -2.23. The molecule has 3 aromatic rings. The number of aryl methyl sites for hydroxylation is 1. The quantitative estimate of drug-likeness (QED) is 0.518. The monoisotopic (exact) mass is 438 g/mol. The van der Waals surface area contributed by atoms with Crippen LogP contribution >= 0.6 is 0 Å². The van der Waals surface area contributed by atoms with Crippen molar-refractivity contribution in [2.75, 3.05) is 16.3 Å². The fourth-order valence-electron chi connectivity index (χ4n) is 4.53. The lowest BCUT2D eigenvalue weighted by atomic mass is 10.0. The van der Waals surface area contributed by atoms with Crippen molar-refractivity contribution in [2.45, 2.75) is 33.3 Å². The number of para-hydroxylation sites is 3. The Kier molecular flexibility index (Phi) is 5.25. The van der Waals surface area contributed by atoms with Gasteiger partial charge in [0, 0.05) is 12.2 Å². The van der Waals surface area contributed by atoms with Crippen LogP contribution in [-0.4, -0.2) is 24.5 Å². The highest BCUT2D eigenvalue weighted by Crippen LogP contribution is 2.42. The Balaban J connectivity index is 1.67. The smallest absolute Gasteiger partial charge is 0.282 e. The maximum Gasteiger partial charge on any atom is 0.282 e. The van der Waals surface area contributed by atoms with Gasteiger partial charge in [0.05, 0.1) is 17.4 Å². The summed E-state index contributed by atoms with van der Waals surface area (Å²) in [4.78, 5) is 31.1. The van der Waals surface area contributed by atoms with E-state index in [0.717, 1.165) is 23.2 Å². The number of amides is 2. The van der Waals surface area contributed by atoms with Gasteiger partial charge in [-0.15, -0.1) is 0 Å². The average molecular weight is 439 g/mol. The van der Waals surface area contributed by atoms with Gasteiger partial charge in [0.15, 0.2) is 0 Å². The third-order valence-electron chi connectivity index (χ3n) is 6.03. The highest BCUT2D eigenvalue weighted by atomic mass is 16.5. The maximum absolute atomic E-state index is 14.0. The predicted octanol–water partition coefficient (Wildman–Crippen LogP) is 5.13. The molecule has 2 heterocycles. The maximum atomic E-state index is 14.0. The van der Waals surface area contributed by atoms with Gasteiger partial charge in [-0.25, -0.2) is 4.90 Å². The minimum atomic E-state index is -0.331. The number of carbonyl (C=O) groups excluding carboxylic acids is 2. The summed E-state index contributed by atoms with van der Waals surface area (Å²) in [6.45, 7) is 6.50. The molecule has 5 nitrogen and oxygen atoms in total. The zero-order valence-electron chi connectivity index (χ0n) is 19.0. The first-order valence-electron chi connectivity index (χ1n) is 11.3. The standard InChI is InChI=1S/C28H26N2O3/c1-18(2)33-24-11-7-6-10-23(24)30-27(31)25(21-14-12-19(3)13-15-21)26(28(30)32)29-17-16-20-8-4-5-9-22(20)29/h4-15,18H,16-17H2,1-3H3. The Hall–Kier alpha value is -3.86. The Bertz CT molecular complexity index is 1270. The molecule has 0 saturated carbocycles. The first kappa shape index (κ1) is 21.0. The molecule has 0 spiro atoms. The van der Waals surface area contributed by atoms with Gasteiger partial charge < -0.3 is 9.64 Å². The van der Waals surface area contributed by atoms with E-state index in [4.69, 9.17) is 4.74 Å². The molecule has 2 amide bonds. The molecule has 2 aliphatic rings. The van der Waals surface area contributed by atoms with Gasteiger partial charge in [0.1, 0.15) is 11.4 Å². The van der Waals surface area contributed by atoms with Gasteiger partial charge in [0.25, 0.3) is 11.8 Å². The number of hydrogen-bond acceptors (Lipinski definition) is 4. The summed E-state index contributed by atoms with van der Waals surface area (Å²) >= 11 is 0. The van der Waals surface area contributed by atoms with E-state index in [1.807, 2.05) is 80.3 Å². The van der Waals surface area contributed by atoms with Crippen LogP contribution in [0.25, 0.3) is 5.57 Å². The van der Waals surface area contributed by atoms with Crippen LogP contribution in [-0.2, 0) is 16.0 Å². The van der Waals surface area contributed by atoms with E-state index in [2.05, 4.69) is 6.07 Å². The van der Waals surface area contributed by atoms with Gasteiger partial charge in [-0.1, -0.05) is 60.2 Å². The number of rotatable bonds is 5. The van der Waals surface area contributed by atoms with Crippen LogP contribution in [0.1, 0.15) is 30.5 Å². The van der Waals surface area contributed by atoms with E-state index in [0.29, 0.717) is 29.3 Å². The van der Waals surface area contributed by atoms with Gasteiger partial charge in [-0.3, -0.25) is 9.59 Å². The molecular formula is C28H26N2O3. The topological polar surface area (TPSA) is 49.9 Å². The summed E-state index contributed by atoms with van der Waals surface area (Å²) in [5, 5.41) is 0. The van der Waals surface area contributed by atoms with Gasteiger partial charge in [-0.05, 0) is 56.5 Å². The number of imide groups is 1. The number of nitrogens with zero attached hydrogens (tertiary/aromatic N) is 2. The molecule has 0 N–H and O–H groups in total. The zero-order chi connectivity index (χ0) is 23.1. The van der Waals surface area contributed by atoms with Crippen molar-refractivity contribution in [3.05, 3.63) is 95.2 Å². The number of hydrogen-bond donors (Lipinski definition) is 0. The normalized spacial score (nSPS) is 15.6. The molecule has 5 rings (SSSR count). The van der Waals surface area contributed by atoms with Crippen molar-refractivity contribution in [1.29, 1.82) is 0 Å². The van der Waals surface area contributed by atoms with Crippen LogP contribution < -0.4 is 14.5 Å². The van der Waals surface area contributed by atoms with E-state index >= 15 is 0 Å². The molecule has 0 saturated heterocycles. The molecule has 3 aromatic carbocycles. The summed E-state index contributed by atoms with van der Waals surface area (Å²) in [5.74, 6) is -0.143. The fraction of sp³-hybridized carbons (Fsp3) is 0.214. The second kappa shape index (κ2) is 8.24. The van der Waals surface area contributed by atoms with E-state index < -0.39 is 0 Å². The fourth-order valence-corrected chi connectivity index (χ4v) is 4.53. The van der Waals surface area contributed by atoms with Crippen LogP contribution in [0.3, 0.4) is 0 Å². The molecular weight excluding hydrogens is 412 g/mol. The van der Waals surface area contributed by atoms with Crippen molar-refractivity contribution >= 4 is 28.8 Å².